The Morgan fingerprint density at radius 3 is 2.50 bits per heavy atom. The summed E-state index contributed by atoms with van der Waals surface area (Å²) in [5.41, 5.74) is 1.25. The zero-order valence-electron chi connectivity index (χ0n) is 7.48. The van der Waals surface area contributed by atoms with Crippen LogP contribution in [0.4, 0.5) is 0 Å². The summed E-state index contributed by atoms with van der Waals surface area (Å²) in [6.07, 6.45) is 2.57. The van der Waals surface area contributed by atoms with E-state index in [0.717, 1.165) is 6.54 Å². The van der Waals surface area contributed by atoms with E-state index in [2.05, 4.69) is 32.4 Å². The molecule has 10 heavy (non-hydrogen) atoms. The minimum absolute atomic E-state index is 1.04. The van der Waals surface area contributed by atoms with E-state index in [1.165, 1.54) is 25.0 Å². The van der Waals surface area contributed by atoms with E-state index < -0.39 is 0 Å². The number of rotatable bonds is 5. The van der Waals surface area contributed by atoms with E-state index >= 15 is 0 Å². The molecule has 0 aromatic carbocycles. The Balaban J connectivity index is 3.25. The predicted octanol–water partition coefficient (Wildman–Crippen LogP) is 2.29. The van der Waals surface area contributed by atoms with Crippen LogP contribution in [0.25, 0.3) is 0 Å². The first-order chi connectivity index (χ1) is 4.66. The molecule has 0 fully saturated rings. The van der Waals surface area contributed by atoms with Crippen molar-refractivity contribution in [2.24, 2.45) is 0 Å². The van der Waals surface area contributed by atoms with Gasteiger partial charge in [-0.2, -0.15) is 0 Å². The summed E-state index contributed by atoms with van der Waals surface area (Å²) in [6, 6.07) is 0. The molecule has 0 rings (SSSR count). The SMILES string of the molecule is C=C(C)CN(C)CCCC. The first kappa shape index (κ1) is 9.70. The Kier molecular flexibility index (Phi) is 5.32. The second kappa shape index (κ2) is 5.48. The lowest BCUT2D eigenvalue weighted by Crippen LogP contribution is -2.21. The fourth-order valence-corrected chi connectivity index (χ4v) is 0.968. The van der Waals surface area contributed by atoms with Crippen LogP contribution in [0.3, 0.4) is 0 Å². The van der Waals surface area contributed by atoms with Crippen LogP contribution in [0.5, 0.6) is 0 Å². The zero-order valence-corrected chi connectivity index (χ0v) is 7.48. The quantitative estimate of drug-likeness (QED) is 0.531. The smallest absolute Gasteiger partial charge is 0.0184 e. The molecule has 0 heterocycles. The molecule has 0 aromatic rings. The van der Waals surface area contributed by atoms with E-state index in [1.54, 1.807) is 0 Å². The third-order valence-electron chi connectivity index (χ3n) is 1.43. The molecule has 0 radical (unpaired) electrons. The van der Waals surface area contributed by atoms with Gasteiger partial charge in [0.2, 0.25) is 0 Å². The van der Waals surface area contributed by atoms with E-state index in [4.69, 9.17) is 0 Å². The van der Waals surface area contributed by atoms with Crippen molar-refractivity contribution in [2.75, 3.05) is 20.1 Å². The van der Waals surface area contributed by atoms with Crippen molar-refractivity contribution in [3.8, 4) is 0 Å². The maximum absolute atomic E-state index is 3.86. The summed E-state index contributed by atoms with van der Waals surface area (Å²) in [5, 5.41) is 0. The highest BCUT2D eigenvalue weighted by Gasteiger charge is 1.95. The van der Waals surface area contributed by atoms with Crippen LogP contribution in [0.15, 0.2) is 12.2 Å². The van der Waals surface area contributed by atoms with E-state index in [1.807, 2.05) is 0 Å². The molecule has 0 saturated carbocycles. The Morgan fingerprint density at radius 1 is 1.50 bits per heavy atom. The van der Waals surface area contributed by atoms with Gasteiger partial charge < -0.3 is 4.90 Å². The van der Waals surface area contributed by atoms with E-state index in [0.29, 0.717) is 0 Å². The molecule has 0 atom stereocenters. The minimum Gasteiger partial charge on any atom is -0.302 e. The van der Waals surface area contributed by atoms with Crippen molar-refractivity contribution in [3.05, 3.63) is 12.2 Å². The fraction of sp³-hybridized carbons (Fsp3) is 0.778. The van der Waals surface area contributed by atoms with E-state index in [-0.39, 0.29) is 0 Å². The lowest BCUT2D eigenvalue weighted by atomic mass is 10.3. The molecular formula is C9H19N. The van der Waals surface area contributed by atoms with Crippen LogP contribution in [0.1, 0.15) is 26.7 Å². The summed E-state index contributed by atoms with van der Waals surface area (Å²) < 4.78 is 0. The molecule has 0 saturated heterocycles. The number of unbranched alkanes of at least 4 members (excludes halogenated alkanes) is 1. The summed E-state index contributed by atoms with van der Waals surface area (Å²) >= 11 is 0. The largest absolute Gasteiger partial charge is 0.302 e. The summed E-state index contributed by atoms with van der Waals surface area (Å²) in [5.74, 6) is 0. The average molecular weight is 141 g/mol. The Morgan fingerprint density at radius 2 is 2.10 bits per heavy atom. The minimum atomic E-state index is 1.04. The fourth-order valence-electron chi connectivity index (χ4n) is 0.968. The molecule has 1 nitrogen and oxygen atoms in total. The van der Waals surface area contributed by atoms with Crippen LogP contribution in [-0.4, -0.2) is 25.0 Å². The van der Waals surface area contributed by atoms with Crippen molar-refractivity contribution in [1.82, 2.24) is 4.90 Å². The molecule has 0 aliphatic heterocycles. The average Bonchev–Trinajstić information content (AvgIpc) is 1.82. The highest BCUT2D eigenvalue weighted by atomic mass is 15.1. The Bertz CT molecular complexity index is 96.9. The van der Waals surface area contributed by atoms with Gasteiger partial charge in [-0.15, -0.1) is 0 Å². The highest BCUT2D eigenvalue weighted by Crippen LogP contribution is 1.95. The first-order valence-corrected chi connectivity index (χ1v) is 3.99. The van der Waals surface area contributed by atoms with E-state index in [9.17, 15) is 0 Å². The lowest BCUT2D eigenvalue weighted by molar-refractivity contribution is 0.355. The number of nitrogens with zero attached hydrogens (tertiary/aromatic N) is 1. The van der Waals surface area contributed by atoms with Crippen LogP contribution >= 0.6 is 0 Å². The Hall–Kier alpha value is -0.300. The molecule has 1 heteroatoms. The van der Waals surface area contributed by atoms with Gasteiger partial charge in [-0.05, 0) is 26.9 Å². The van der Waals surface area contributed by atoms with Crippen molar-refractivity contribution in [1.29, 1.82) is 0 Å². The first-order valence-electron chi connectivity index (χ1n) is 3.99. The third-order valence-corrected chi connectivity index (χ3v) is 1.43. The molecule has 60 valence electrons. The highest BCUT2D eigenvalue weighted by molar-refractivity contribution is 4.90. The molecule has 0 spiro atoms. The summed E-state index contributed by atoms with van der Waals surface area (Å²) in [6.45, 7) is 10.4. The lowest BCUT2D eigenvalue weighted by Gasteiger charge is -2.15. The summed E-state index contributed by atoms with van der Waals surface area (Å²) in [7, 11) is 2.14. The van der Waals surface area contributed by atoms with Crippen LogP contribution in [0.2, 0.25) is 0 Å². The summed E-state index contributed by atoms with van der Waals surface area (Å²) in [4.78, 5) is 2.31. The van der Waals surface area contributed by atoms with Gasteiger partial charge in [0.25, 0.3) is 0 Å². The number of hydrogen-bond acceptors (Lipinski definition) is 1. The Labute approximate surface area is 64.7 Å². The van der Waals surface area contributed by atoms with Crippen LogP contribution < -0.4 is 0 Å². The number of likely N-dealkylation sites (N-methyl/N-ethyl adjacent to an activating group) is 1. The second-order valence-electron chi connectivity index (χ2n) is 3.05. The topological polar surface area (TPSA) is 3.24 Å². The van der Waals surface area contributed by atoms with Crippen molar-refractivity contribution >= 4 is 0 Å². The standard InChI is InChI=1S/C9H19N/c1-5-6-7-10(4)8-9(2)3/h2,5-8H2,1,3-4H3. The third kappa shape index (κ3) is 5.83. The monoisotopic (exact) mass is 141 g/mol. The molecule has 0 aliphatic rings. The van der Waals surface area contributed by atoms with Crippen LogP contribution in [0, 0.1) is 0 Å². The molecule has 0 aromatic heterocycles. The van der Waals surface area contributed by atoms with Crippen molar-refractivity contribution in [2.45, 2.75) is 26.7 Å². The van der Waals surface area contributed by atoms with Gasteiger partial charge in [0.15, 0.2) is 0 Å². The molecule has 0 amide bonds. The molecule has 0 bridgehead atoms. The van der Waals surface area contributed by atoms with Gasteiger partial charge in [-0.3, -0.25) is 0 Å². The molecule has 0 unspecified atom stereocenters. The zero-order chi connectivity index (χ0) is 7.98. The number of hydrogen-bond donors (Lipinski definition) is 0. The second-order valence-corrected chi connectivity index (χ2v) is 3.05. The van der Waals surface area contributed by atoms with Gasteiger partial charge in [0.1, 0.15) is 0 Å². The normalized spacial score (nSPS) is 10.4. The maximum atomic E-state index is 3.86. The molecule has 0 N–H and O–H groups in total. The van der Waals surface area contributed by atoms with Gasteiger partial charge >= 0.3 is 0 Å². The molecule has 0 aliphatic carbocycles. The molecular weight excluding hydrogens is 122 g/mol. The van der Waals surface area contributed by atoms with Gasteiger partial charge in [0, 0.05) is 6.54 Å². The van der Waals surface area contributed by atoms with Gasteiger partial charge in [-0.1, -0.05) is 25.5 Å². The van der Waals surface area contributed by atoms with Gasteiger partial charge in [0.05, 0.1) is 0 Å². The van der Waals surface area contributed by atoms with Gasteiger partial charge in [-0.25, -0.2) is 0 Å². The predicted molar refractivity (Wildman–Crippen MR) is 47.2 cm³/mol. The van der Waals surface area contributed by atoms with Crippen molar-refractivity contribution in [3.63, 3.8) is 0 Å². The maximum Gasteiger partial charge on any atom is 0.0184 e. The van der Waals surface area contributed by atoms with Crippen LogP contribution in [-0.2, 0) is 0 Å². The van der Waals surface area contributed by atoms with Crippen molar-refractivity contribution < 1.29 is 0 Å².